The van der Waals surface area contributed by atoms with Crippen LogP contribution in [-0.2, 0) is 0 Å². The Labute approximate surface area is 72.4 Å². The molecule has 0 atom stereocenters. The van der Waals surface area contributed by atoms with E-state index in [4.69, 9.17) is 0 Å². The number of hydrogen-bond donors (Lipinski definition) is 0. The molecule has 0 aromatic carbocycles. The molecule has 12 heavy (non-hydrogen) atoms. The number of carbonyl (C=O) groups excluding carboxylic acids is 1. The lowest BCUT2D eigenvalue weighted by atomic mass is 10.2. The van der Waals surface area contributed by atoms with E-state index in [0.717, 1.165) is 11.3 Å². The first-order valence-corrected chi connectivity index (χ1v) is 4.09. The Hall–Kier alpha value is -1.12. The molecule has 0 aliphatic heterocycles. The van der Waals surface area contributed by atoms with Crippen molar-refractivity contribution in [2.24, 2.45) is 0 Å². The molecule has 1 heterocycles. The molecule has 66 valence electrons. The lowest BCUT2D eigenvalue weighted by Gasteiger charge is -2.02. The molecule has 1 aromatic rings. The molecule has 1 rings (SSSR count). The summed E-state index contributed by atoms with van der Waals surface area (Å²) >= 11 is 0. The molecule has 3 heteroatoms. The van der Waals surface area contributed by atoms with Crippen molar-refractivity contribution < 1.29 is 4.79 Å². The van der Waals surface area contributed by atoms with Crippen LogP contribution < -0.4 is 0 Å². The van der Waals surface area contributed by atoms with E-state index in [1.807, 2.05) is 31.6 Å². The van der Waals surface area contributed by atoms with Gasteiger partial charge in [0.15, 0.2) is 5.78 Å². The van der Waals surface area contributed by atoms with Crippen LogP contribution in [0.2, 0.25) is 0 Å². The number of Topliss-reactive ketones (excluding diaryl/α,β-unsaturated/α-hetero) is 1. The van der Waals surface area contributed by atoms with Gasteiger partial charge in [-0.15, -0.1) is 0 Å². The highest BCUT2D eigenvalue weighted by Gasteiger charge is 2.09. The summed E-state index contributed by atoms with van der Waals surface area (Å²) in [4.78, 5) is 11.0. The molecule has 0 aliphatic carbocycles. The zero-order chi connectivity index (χ0) is 9.30. The SMILES string of the molecule is CC(=O)c1cn(C(C)C)nc1C. The first-order chi connectivity index (χ1) is 5.52. The zero-order valence-corrected chi connectivity index (χ0v) is 7.96. The molecule has 3 nitrogen and oxygen atoms in total. The number of hydrogen-bond acceptors (Lipinski definition) is 2. The summed E-state index contributed by atoms with van der Waals surface area (Å²) in [7, 11) is 0. The lowest BCUT2D eigenvalue weighted by Crippen LogP contribution is -2.00. The molecule has 0 fully saturated rings. The largest absolute Gasteiger partial charge is 0.294 e. The minimum Gasteiger partial charge on any atom is -0.294 e. The average Bonchev–Trinajstić information content (AvgIpc) is 2.30. The maximum absolute atomic E-state index is 11.0. The minimum atomic E-state index is 0.0828. The van der Waals surface area contributed by atoms with E-state index in [1.54, 1.807) is 6.92 Å². The lowest BCUT2D eigenvalue weighted by molar-refractivity contribution is 0.101. The fraction of sp³-hybridized carbons (Fsp3) is 0.556. The fourth-order valence-corrected chi connectivity index (χ4v) is 1.09. The summed E-state index contributed by atoms with van der Waals surface area (Å²) in [6, 6.07) is 0.316. The van der Waals surface area contributed by atoms with E-state index in [9.17, 15) is 4.79 Å². The monoisotopic (exact) mass is 166 g/mol. The molecular formula is C9H14N2O. The minimum absolute atomic E-state index is 0.0828. The maximum Gasteiger partial charge on any atom is 0.163 e. The van der Waals surface area contributed by atoms with Crippen LogP contribution in [0.1, 0.15) is 42.9 Å². The third-order valence-electron chi connectivity index (χ3n) is 1.83. The molecule has 0 saturated carbocycles. The van der Waals surface area contributed by atoms with Crippen molar-refractivity contribution in [2.45, 2.75) is 33.7 Å². The van der Waals surface area contributed by atoms with Crippen LogP contribution in [0.25, 0.3) is 0 Å². The Morgan fingerprint density at radius 2 is 2.17 bits per heavy atom. The Morgan fingerprint density at radius 3 is 2.42 bits per heavy atom. The second kappa shape index (κ2) is 3.09. The van der Waals surface area contributed by atoms with Gasteiger partial charge in [0.2, 0.25) is 0 Å². The molecule has 0 bridgehead atoms. The molecular weight excluding hydrogens is 152 g/mol. The standard InChI is InChI=1S/C9H14N2O/c1-6(2)11-5-9(8(4)12)7(3)10-11/h5-6H,1-4H3. The Bertz CT molecular complexity index is 299. The smallest absolute Gasteiger partial charge is 0.163 e. The Balaban J connectivity index is 3.09. The summed E-state index contributed by atoms with van der Waals surface area (Å²) in [5.41, 5.74) is 1.54. The molecule has 0 radical (unpaired) electrons. The van der Waals surface area contributed by atoms with Gasteiger partial charge in [-0.1, -0.05) is 0 Å². The third-order valence-corrected chi connectivity index (χ3v) is 1.83. The summed E-state index contributed by atoms with van der Waals surface area (Å²) in [6.07, 6.45) is 1.81. The van der Waals surface area contributed by atoms with Gasteiger partial charge in [0, 0.05) is 12.2 Å². The van der Waals surface area contributed by atoms with E-state index in [-0.39, 0.29) is 5.78 Å². The van der Waals surface area contributed by atoms with Crippen LogP contribution in [0.15, 0.2) is 6.20 Å². The van der Waals surface area contributed by atoms with Crippen molar-refractivity contribution in [3.8, 4) is 0 Å². The predicted octanol–water partition coefficient (Wildman–Crippen LogP) is 1.98. The summed E-state index contributed by atoms with van der Waals surface area (Å²) in [5, 5.41) is 4.23. The van der Waals surface area contributed by atoms with E-state index >= 15 is 0 Å². The normalized spacial score (nSPS) is 10.8. The van der Waals surface area contributed by atoms with Gasteiger partial charge in [-0.2, -0.15) is 5.10 Å². The van der Waals surface area contributed by atoms with Crippen LogP contribution in [-0.4, -0.2) is 15.6 Å². The number of aryl methyl sites for hydroxylation is 1. The van der Waals surface area contributed by atoms with Crippen LogP contribution in [0.4, 0.5) is 0 Å². The Kier molecular flexibility index (Phi) is 2.31. The molecule has 1 aromatic heterocycles. The highest BCUT2D eigenvalue weighted by molar-refractivity contribution is 5.94. The summed E-state index contributed by atoms with van der Waals surface area (Å²) in [5.74, 6) is 0.0828. The molecule has 0 N–H and O–H groups in total. The maximum atomic E-state index is 11.0. The van der Waals surface area contributed by atoms with Gasteiger partial charge in [-0.05, 0) is 27.7 Å². The molecule has 0 amide bonds. The number of aromatic nitrogens is 2. The second-order valence-electron chi connectivity index (χ2n) is 3.26. The van der Waals surface area contributed by atoms with E-state index in [2.05, 4.69) is 5.10 Å². The molecule has 0 spiro atoms. The van der Waals surface area contributed by atoms with Gasteiger partial charge < -0.3 is 0 Å². The van der Waals surface area contributed by atoms with Gasteiger partial charge >= 0.3 is 0 Å². The van der Waals surface area contributed by atoms with Crippen LogP contribution in [0.3, 0.4) is 0 Å². The number of carbonyl (C=O) groups is 1. The first-order valence-electron chi connectivity index (χ1n) is 4.09. The highest BCUT2D eigenvalue weighted by atomic mass is 16.1. The summed E-state index contributed by atoms with van der Waals surface area (Å²) in [6.45, 7) is 7.50. The van der Waals surface area contributed by atoms with Gasteiger partial charge in [0.1, 0.15) is 0 Å². The molecule has 0 aliphatic rings. The average molecular weight is 166 g/mol. The van der Waals surface area contributed by atoms with Gasteiger partial charge in [0.05, 0.1) is 11.3 Å². The number of ketones is 1. The van der Waals surface area contributed by atoms with Crippen molar-refractivity contribution in [1.82, 2.24) is 9.78 Å². The fourth-order valence-electron chi connectivity index (χ4n) is 1.09. The summed E-state index contributed by atoms with van der Waals surface area (Å²) < 4.78 is 1.81. The van der Waals surface area contributed by atoms with Crippen LogP contribution >= 0.6 is 0 Å². The predicted molar refractivity (Wildman–Crippen MR) is 47.4 cm³/mol. The van der Waals surface area contributed by atoms with Gasteiger partial charge in [-0.3, -0.25) is 9.48 Å². The molecule has 0 saturated heterocycles. The topological polar surface area (TPSA) is 34.9 Å². The first kappa shape index (κ1) is 8.97. The van der Waals surface area contributed by atoms with E-state index in [1.165, 1.54) is 0 Å². The van der Waals surface area contributed by atoms with Gasteiger partial charge in [0.25, 0.3) is 0 Å². The molecule has 0 unspecified atom stereocenters. The quantitative estimate of drug-likeness (QED) is 0.629. The third kappa shape index (κ3) is 1.55. The van der Waals surface area contributed by atoms with Crippen molar-refractivity contribution >= 4 is 5.78 Å². The van der Waals surface area contributed by atoms with E-state index in [0.29, 0.717) is 6.04 Å². The highest BCUT2D eigenvalue weighted by Crippen LogP contribution is 2.10. The zero-order valence-electron chi connectivity index (χ0n) is 7.96. The van der Waals surface area contributed by atoms with E-state index < -0.39 is 0 Å². The van der Waals surface area contributed by atoms with Crippen molar-refractivity contribution in [3.05, 3.63) is 17.5 Å². The second-order valence-corrected chi connectivity index (χ2v) is 3.26. The van der Waals surface area contributed by atoms with Crippen molar-refractivity contribution in [3.63, 3.8) is 0 Å². The van der Waals surface area contributed by atoms with Gasteiger partial charge in [-0.25, -0.2) is 0 Å². The Morgan fingerprint density at radius 1 is 1.58 bits per heavy atom. The van der Waals surface area contributed by atoms with Crippen molar-refractivity contribution in [1.29, 1.82) is 0 Å². The van der Waals surface area contributed by atoms with Crippen molar-refractivity contribution in [2.75, 3.05) is 0 Å². The van der Waals surface area contributed by atoms with Crippen LogP contribution in [0.5, 0.6) is 0 Å². The number of nitrogens with zero attached hydrogens (tertiary/aromatic N) is 2. The van der Waals surface area contributed by atoms with Crippen LogP contribution in [0, 0.1) is 6.92 Å². The number of rotatable bonds is 2.